The highest BCUT2D eigenvalue weighted by Gasteiger charge is 2.31. The predicted molar refractivity (Wildman–Crippen MR) is 117 cm³/mol. The van der Waals surface area contributed by atoms with E-state index in [0.29, 0.717) is 11.5 Å². The molecule has 0 fully saturated rings. The van der Waals surface area contributed by atoms with Crippen molar-refractivity contribution in [2.24, 2.45) is 5.92 Å². The smallest absolute Gasteiger partial charge is 0.416 e. The van der Waals surface area contributed by atoms with Crippen molar-refractivity contribution < 1.29 is 41.8 Å². The van der Waals surface area contributed by atoms with E-state index in [4.69, 9.17) is 14.2 Å². The van der Waals surface area contributed by atoms with Crippen LogP contribution in [-0.2, 0) is 20.5 Å². The summed E-state index contributed by atoms with van der Waals surface area (Å²) in [6.45, 7) is 2.59. The Morgan fingerprint density at radius 2 is 1.59 bits per heavy atom. The first-order valence-electron chi connectivity index (χ1n) is 10.1. The molecule has 2 N–H and O–H groups in total. The van der Waals surface area contributed by atoms with Crippen molar-refractivity contribution in [3.63, 3.8) is 0 Å². The van der Waals surface area contributed by atoms with E-state index in [1.54, 1.807) is 19.9 Å². The van der Waals surface area contributed by atoms with E-state index in [-0.39, 0.29) is 11.3 Å². The monoisotopic (exact) mass is 482 g/mol. The molecule has 0 bridgehead atoms. The first kappa shape index (κ1) is 26.5. The zero-order valence-corrected chi connectivity index (χ0v) is 19.0. The van der Waals surface area contributed by atoms with Crippen LogP contribution in [0.25, 0.3) is 0 Å². The van der Waals surface area contributed by atoms with Gasteiger partial charge in [0.25, 0.3) is 11.8 Å². The van der Waals surface area contributed by atoms with Gasteiger partial charge in [-0.15, -0.1) is 0 Å². The summed E-state index contributed by atoms with van der Waals surface area (Å²) in [5.74, 6) is -1.95. The Morgan fingerprint density at radius 3 is 2.12 bits per heavy atom. The summed E-state index contributed by atoms with van der Waals surface area (Å²) in [6.07, 6.45) is -4.57. The summed E-state index contributed by atoms with van der Waals surface area (Å²) in [6, 6.07) is 7.45. The van der Waals surface area contributed by atoms with E-state index in [9.17, 15) is 27.6 Å². The normalized spacial score (nSPS) is 12.0. The first-order valence-corrected chi connectivity index (χ1v) is 10.1. The molecule has 0 radical (unpaired) electrons. The minimum absolute atomic E-state index is 0.100. The minimum Gasteiger partial charge on any atom is -0.497 e. The van der Waals surface area contributed by atoms with Crippen molar-refractivity contribution in [2.45, 2.75) is 26.1 Å². The number of hydrogen-bond acceptors (Lipinski definition) is 6. The van der Waals surface area contributed by atoms with Crippen molar-refractivity contribution in [1.29, 1.82) is 0 Å². The molecule has 0 spiro atoms. The third kappa shape index (κ3) is 7.39. The third-order valence-corrected chi connectivity index (χ3v) is 4.64. The van der Waals surface area contributed by atoms with E-state index in [1.807, 2.05) is 0 Å². The lowest BCUT2D eigenvalue weighted by atomic mass is 10.0. The number of amides is 2. The molecule has 2 aromatic rings. The van der Waals surface area contributed by atoms with Crippen LogP contribution in [0.2, 0.25) is 0 Å². The average molecular weight is 482 g/mol. The lowest BCUT2D eigenvalue weighted by molar-refractivity contribution is -0.150. The van der Waals surface area contributed by atoms with E-state index in [0.717, 1.165) is 18.2 Å². The van der Waals surface area contributed by atoms with Gasteiger partial charge in [-0.2, -0.15) is 13.2 Å². The maximum atomic E-state index is 12.8. The fraction of sp³-hybridized carbons (Fsp3) is 0.348. The molecule has 1 unspecified atom stereocenters. The van der Waals surface area contributed by atoms with Crippen LogP contribution in [-0.4, -0.2) is 44.7 Å². The van der Waals surface area contributed by atoms with Crippen LogP contribution in [0.4, 0.5) is 18.9 Å². The standard InChI is InChI=1S/C23H25F3N2O6/c1-13(2)20(28-21(30)14-8-17(32-3)11-18(9-14)33-4)22(31)34-12-19(29)27-16-7-5-6-15(10-16)23(24,25)26/h5-11,13,20H,12H2,1-4H3,(H,27,29)(H,28,30). The quantitative estimate of drug-likeness (QED) is 0.529. The second-order valence-corrected chi connectivity index (χ2v) is 7.53. The number of esters is 1. The van der Waals surface area contributed by atoms with Gasteiger partial charge in [-0.3, -0.25) is 9.59 Å². The van der Waals surface area contributed by atoms with Crippen molar-refractivity contribution in [3.05, 3.63) is 53.6 Å². The maximum absolute atomic E-state index is 12.8. The summed E-state index contributed by atoms with van der Waals surface area (Å²) in [5.41, 5.74) is -0.854. The highest BCUT2D eigenvalue weighted by molar-refractivity contribution is 5.98. The number of anilines is 1. The molecule has 2 aromatic carbocycles. The highest BCUT2D eigenvalue weighted by atomic mass is 19.4. The molecule has 34 heavy (non-hydrogen) atoms. The molecule has 11 heteroatoms. The van der Waals surface area contributed by atoms with Crippen molar-refractivity contribution in [3.8, 4) is 11.5 Å². The summed E-state index contributed by atoms with van der Waals surface area (Å²) < 4.78 is 53.7. The Labute approximate surface area is 194 Å². The topological polar surface area (TPSA) is 103 Å². The highest BCUT2D eigenvalue weighted by Crippen LogP contribution is 2.30. The molecule has 8 nitrogen and oxygen atoms in total. The number of rotatable bonds is 9. The number of alkyl halides is 3. The molecule has 0 aromatic heterocycles. The van der Waals surface area contributed by atoms with Crippen molar-refractivity contribution in [1.82, 2.24) is 5.32 Å². The Kier molecular flexibility index (Phi) is 8.88. The largest absolute Gasteiger partial charge is 0.497 e. The predicted octanol–water partition coefficient (Wildman–Crippen LogP) is 3.66. The molecule has 0 saturated carbocycles. The number of nitrogens with one attached hydrogen (secondary N) is 2. The van der Waals surface area contributed by atoms with Crippen LogP contribution in [0.15, 0.2) is 42.5 Å². The second kappa shape index (κ2) is 11.4. The lowest BCUT2D eigenvalue weighted by Crippen LogP contribution is -2.46. The number of halogens is 3. The first-order chi connectivity index (χ1) is 15.9. The van der Waals surface area contributed by atoms with Gasteiger partial charge >= 0.3 is 12.1 Å². The van der Waals surface area contributed by atoms with Crippen LogP contribution < -0.4 is 20.1 Å². The van der Waals surface area contributed by atoms with E-state index in [2.05, 4.69) is 10.6 Å². The average Bonchev–Trinajstić information content (AvgIpc) is 2.79. The van der Waals surface area contributed by atoms with Gasteiger partial charge in [-0.1, -0.05) is 19.9 Å². The summed E-state index contributed by atoms with van der Waals surface area (Å²) in [7, 11) is 2.85. The molecule has 0 heterocycles. The minimum atomic E-state index is -4.57. The van der Waals surface area contributed by atoms with Gasteiger partial charge in [0.15, 0.2) is 6.61 Å². The number of carbonyl (C=O) groups excluding carboxylic acids is 3. The van der Waals surface area contributed by atoms with Gasteiger partial charge < -0.3 is 24.8 Å². The second-order valence-electron chi connectivity index (χ2n) is 7.53. The molecule has 0 aliphatic carbocycles. The zero-order chi connectivity index (χ0) is 25.5. The molecule has 2 amide bonds. The molecule has 0 saturated heterocycles. The number of hydrogen-bond donors (Lipinski definition) is 2. The van der Waals surface area contributed by atoms with Crippen LogP contribution in [0, 0.1) is 5.92 Å². The number of benzene rings is 2. The number of ether oxygens (including phenoxy) is 3. The Morgan fingerprint density at radius 1 is 0.971 bits per heavy atom. The molecule has 0 aliphatic rings. The van der Waals surface area contributed by atoms with E-state index >= 15 is 0 Å². The third-order valence-electron chi connectivity index (χ3n) is 4.64. The molecule has 2 rings (SSSR count). The van der Waals surface area contributed by atoms with Crippen LogP contribution in [0.3, 0.4) is 0 Å². The van der Waals surface area contributed by atoms with Gasteiger partial charge in [0.2, 0.25) is 0 Å². The molecular formula is C23H25F3N2O6. The molecule has 0 aliphatic heterocycles. The molecule has 184 valence electrons. The fourth-order valence-corrected chi connectivity index (χ4v) is 2.86. The summed E-state index contributed by atoms with van der Waals surface area (Å²) in [5, 5.41) is 4.79. The zero-order valence-electron chi connectivity index (χ0n) is 19.0. The number of carbonyl (C=O) groups is 3. The molecule has 1 atom stereocenters. The van der Waals surface area contributed by atoms with Gasteiger partial charge in [0.1, 0.15) is 17.5 Å². The SMILES string of the molecule is COc1cc(OC)cc(C(=O)NC(C(=O)OCC(=O)Nc2cccc(C(F)(F)F)c2)C(C)C)c1. The Bertz CT molecular complexity index is 1020. The Balaban J connectivity index is 2.01. The van der Waals surface area contributed by atoms with E-state index in [1.165, 1.54) is 32.4 Å². The van der Waals surface area contributed by atoms with Gasteiger partial charge in [0, 0.05) is 17.3 Å². The maximum Gasteiger partial charge on any atom is 0.416 e. The summed E-state index contributed by atoms with van der Waals surface area (Å²) in [4.78, 5) is 37.3. The van der Waals surface area contributed by atoms with Gasteiger partial charge in [-0.25, -0.2) is 4.79 Å². The van der Waals surface area contributed by atoms with Crippen LogP contribution in [0.1, 0.15) is 29.8 Å². The number of methoxy groups -OCH3 is 2. The summed E-state index contributed by atoms with van der Waals surface area (Å²) >= 11 is 0. The molecular weight excluding hydrogens is 457 g/mol. The van der Waals surface area contributed by atoms with Crippen LogP contribution >= 0.6 is 0 Å². The van der Waals surface area contributed by atoms with E-state index < -0.39 is 48.1 Å². The van der Waals surface area contributed by atoms with Crippen molar-refractivity contribution in [2.75, 3.05) is 26.1 Å². The Hall–Kier alpha value is -3.76. The van der Waals surface area contributed by atoms with Crippen molar-refractivity contribution >= 4 is 23.5 Å². The fourth-order valence-electron chi connectivity index (χ4n) is 2.86. The lowest BCUT2D eigenvalue weighted by Gasteiger charge is -2.21. The van der Waals surface area contributed by atoms with Gasteiger partial charge in [-0.05, 0) is 36.2 Å². The van der Waals surface area contributed by atoms with Gasteiger partial charge in [0.05, 0.1) is 19.8 Å². The van der Waals surface area contributed by atoms with Crippen LogP contribution in [0.5, 0.6) is 11.5 Å².